The first kappa shape index (κ1) is 24.6. The maximum absolute atomic E-state index is 10.6. The van der Waals surface area contributed by atoms with Gasteiger partial charge in [-0.25, -0.2) is 0 Å². The fourth-order valence-electron chi connectivity index (χ4n) is 7.47. The summed E-state index contributed by atoms with van der Waals surface area (Å²) in [6.45, 7) is 6.64. The first-order valence-electron chi connectivity index (χ1n) is 14.8. The van der Waals surface area contributed by atoms with E-state index in [1.807, 2.05) is 36.5 Å². The van der Waals surface area contributed by atoms with Crippen LogP contribution in [-0.4, -0.2) is 62.0 Å². The third-order valence-electron chi connectivity index (χ3n) is 9.61. The minimum atomic E-state index is 0.117. The van der Waals surface area contributed by atoms with Gasteiger partial charge in [0.1, 0.15) is 18.2 Å². The van der Waals surface area contributed by atoms with Crippen LogP contribution >= 0.6 is 0 Å². The summed E-state index contributed by atoms with van der Waals surface area (Å²) >= 11 is 0. The molecule has 41 heavy (non-hydrogen) atoms. The Morgan fingerprint density at radius 3 is 2.71 bits per heavy atom. The fourth-order valence-corrected chi connectivity index (χ4v) is 7.47. The molecule has 0 bridgehead atoms. The van der Waals surface area contributed by atoms with Crippen LogP contribution in [0.15, 0.2) is 54.7 Å². The number of aromatic hydroxyl groups is 1. The summed E-state index contributed by atoms with van der Waals surface area (Å²) in [5.74, 6) is 1.15. The standard InChI is InChI=1S/C33H34N6O2/c1-21-25(28-17-24(40)16-22-6-2-3-7-26(22)28)8-9-27-30(21)35-32(41-20-33-11-4-13-39(33)14-5-12-33)36-31(27)38-15-10-23-18-34-37-29(23)19-38/h2-3,6-9,16-18,40H,4-5,10-15,19-20H2,1H3,(H,34,37). The van der Waals surface area contributed by atoms with Crippen molar-refractivity contribution in [3.63, 3.8) is 0 Å². The molecule has 208 valence electrons. The molecule has 0 radical (unpaired) electrons. The molecule has 0 amide bonds. The topological polar surface area (TPSA) is 90.4 Å². The number of fused-ring (bicyclic) bond motifs is 4. The van der Waals surface area contributed by atoms with Crippen molar-refractivity contribution < 1.29 is 9.84 Å². The smallest absolute Gasteiger partial charge is 0.319 e. The second-order valence-corrected chi connectivity index (χ2v) is 11.9. The molecule has 3 aliphatic rings. The Morgan fingerprint density at radius 1 is 0.976 bits per heavy atom. The lowest BCUT2D eigenvalue weighted by atomic mass is 9.93. The maximum atomic E-state index is 10.6. The average Bonchev–Trinajstić information content (AvgIpc) is 3.71. The molecular weight excluding hydrogens is 512 g/mol. The van der Waals surface area contributed by atoms with Gasteiger partial charge in [-0.05, 0) is 103 Å². The van der Waals surface area contributed by atoms with Crippen LogP contribution in [0.4, 0.5) is 5.82 Å². The molecule has 8 nitrogen and oxygen atoms in total. The second-order valence-electron chi connectivity index (χ2n) is 11.9. The van der Waals surface area contributed by atoms with E-state index in [4.69, 9.17) is 14.7 Å². The lowest BCUT2D eigenvalue weighted by Crippen LogP contribution is -2.43. The zero-order chi connectivity index (χ0) is 27.6. The van der Waals surface area contributed by atoms with E-state index in [9.17, 15) is 5.11 Å². The third-order valence-corrected chi connectivity index (χ3v) is 9.61. The van der Waals surface area contributed by atoms with Crippen molar-refractivity contribution in [1.82, 2.24) is 25.1 Å². The summed E-state index contributed by atoms with van der Waals surface area (Å²) in [5.41, 5.74) is 6.50. The van der Waals surface area contributed by atoms with E-state index in [-0.39, 0.29) is 11.3 Å². The van der Waals surface area contributed by atoms with Gasteiger partial charge in [-0.2, -0.15) is 15.1 Å². The van der Waals surface area contributed by atoms with Gasteiger partial charge in [0.15, 0.2) is 0 Å². The van der Waals surface area contributed by atoms with Gasteiger partial charge in [0, 0.05) is 11.9 Å². The summed E-state index contributed by atoms with van der Waals surface area (Å²) in [6, 6.07) is 16.6. The minimum absolute atomic E-state index is 0.117. The Balaban J connectivity index is 1.26. The molecule has 3 aliphatic heterocycles. The number of phenols is 1. The minimum Gasteiger partial charge on any atom is -0.508 e. The van der Waals surface area contributed by atoms with Crippen LogP contribution in [0, 0.1) is 6.92 Å². The molecule has 3 aromatic carbocycles. The van der Waals surface area contributed by atoms with Gasteiger partial charge in [0.2, 0.25) is 0 Å². The van der Waals surface area contributed by atoms with Crippen molar-refractivity contribution in [2.24, 2.45) is 0 Å². The molecule has 0 aliphatic carbocycles. The number of hydrogen-bond donors (Lipinski definition) is 2. The number of H-pyrrole nitrogens is 1. The number of nitrogens with one attached hydrogen (secondary N) is 1. The zero-order valence-corrected chi connectivity index (χ0v) is 23.4. The van der Waals surface area contributed by atoms with E-state index >= 15 is 0 Å². The zero-order valence-electron chi connectivity index (χ0n) is 23.4. The van der Waals surface area contributed by atoms with Gasteiger partial charge in [0.25, 0.3) is 0 Å². The van der Waals surface area contributed by atoms with Crippen molar-refractivity contribution in [3.05, 3.63) is 71.5 Å². The highest BCUT2D eigenvalue weighted by atomic mass is 16.5. The van der Waals surface area contributed by atoms with Gasteiger partial charge >= 0.3 is 6.01 Å². The molecule has 2 aromatic heterocycles. The molecule has 2 saturated heterocycles. The summed E-state index contributed by atoms with van der Waals surface area (Å²) < 4.78 is 6.53. The molecule has 8 rings (SSSR count). The molecule has 5 heterocycles. The molecule has 8 heteroatoms. The number of benzene rings is 3. The lowest BCUT2D eigenvalue weighted by Gasteiger charge is -2.32. The van der Waals surface area contributed by atoms with Gasteiger partial charge < -0.3 is 14.7 Å². The maximum Gasteiger partial charge on any atom is 0.319 e. The summed E-state index contributed by atoms with van der Waals surface area (Å²) in [4.78, 5) is 15.0. The highest BCUT2D eigenvalue weighted by Gasteiger charge is 2.45. The fraction of sp³-hybridized carbons (Fsp3) is 0.364. The molecule has 5 aromatic rings. The van der Waals surface area contributed by atoms with Crippen molar-refractivity contribution >= 4 is 27.5 Å². The highest BCUT2D eigenvalue weighted by molar-refractivity contribution is 6.02. The van der Waals surface area contributed by atoms with Crippen molar-refractivity contribution in [2.45, 2.75) is 51.1 Å². The Morgan fingerprint density at radius 2 is 1.83 bits per heavy atom. The van der Waals surface area contributed by atoms with Crippen LogP contribution < -0.4 is 9.64 Å². The monoisotopic (exact) mass is 546 g/mol. The summed E-state index contributed by atoms with van der Waals surface area (Å²) in [6.07, 6.45) is 7.66. The SMILES string of the molecule is Cc1c(-c2cc(O)cc3ccccc23)ccc2c(N3CCc4cn[nH]c4C3)nc(OCC34CCCN3CCC4)nc12. The Kier molecular flexibility index (Phi) is 5.67. The van der Waals surface area contributed by atoms with Gasteiger partial charge in [-0.3, -0.25) is 10.00 Å². The normalized spacial score (nSPS) is 18.2. The lowest BCUT2D eigenvalue weighted by molar-refractivity contribution is 0.108. The molecule has 0 atom stereocenters. The first-order valence-corrected chi connectivity index (χ1v) is 14.8. The number of aryl methyl sites for hydroxylation is 1. The third kappa shape index (κ3) is 4.03. The van der Waals surface area contributed by atoms with E-state index in [0.29, 0.717) is 12.6 Å². The van der Waals surface area contributed by atoms with Crippen molar-refractivity contribution in [1.29, 1.82) is 0 Å². The van der Waals surface area contributed by atoms with E-state index in [1.165, 1.54) is 31.2 Å². The number of rotatable bonds is 5. The number of nitrogens with zero attached hydrogens (tertiary/aromatic N) is 5. The summed E-state index contributed by atoms with van der Waals surface area (Å²) in [7, 11) is 0. The predicted molar refractivity (Wildman–Crippen MR) is 160 cm³/mol. The van der Waals surface area contributed by atoms with Crippen molar-refractivity contribution in [2.75, 3.05) is 31.1 Å². The molecule has 2 N–H and O–H groups in total. The van der Waals surface area contributed by atoms with Crippen LogP contribution in [0.25, 0.3) is 32.8 Å². The van der Waals surface area contributed by atoms with Crippen LogP contribution in [-0.2, 0) is 13.0 Å². The highest BCUT2D eigenvalue weighted by Crippen LogP contribution is 2.41. The van der Waals surface area contributed by atoms with E-state index in [1.54, 1.807) is 0 Å². The molecule has 2 fully saturated rings. The van der Waals surface area contributed by atoms with Crippen LogP contribution in [0.2, 0.25) is 0 Å². The van der Waals surface area contributed by atoms with Crippen LogP contribution in [0.1, 0.15) is 42.5 Å². The summed E-state index contributed by atoms with van der Waals surface area (Å²) in [5, 5.41) is 21.1. The number of hydrogen-bond acceptors (Lipinski definition) is 7. The van der Waals surface area contributed by atoms with Gasteiger partial charge in [-0.1, -0.05) is 30.3 Å². The van der Waals surface area contributed by atoms with E-state index in [0.717, 1.165) is 82.5 Å². The average molecular weight is 547 g/mol. The molecule has 0 spiro atoms. The van der Waals surface area contributed by atoms with Gasteiger partial charge in [-0.15, -0.1) is 0 Å². The first-order chi connectivity index (χ1) is 20.1. The number of anilines is 1. The molecule has 0 saturated carbocycles. The van der Waals surface area contributed by atoms with E-state index < -0.39 is 0 Å². The number of aromatic nitrogens is 4. The van der Waals surface area contributed by atoms with Crippen LogP contribution in [0.3, 0.4) is 0 Å². The second kappa shape index (κ2) is 9.45. The molecular formula is C33H34N6O2. The predicted octanol–water partition coefficient (Wildman–Crippen LogP) is 5.76. The Hall–Kier alpha value is -4.17. The number of phenolic OH excluding ortho intramolecular Hbond substituents is 1. The quantitative estimate of drug-likeness (QED) is 0.290. The number of aromatic amines is 1. The Bertz CT molecular complexity index is 1790. The molecule has 0 unspecified atom stereocenters. The van der Waals surface area contributed by atoms with Gasteiger partial charge in [0.05, 0.1) is 29.5 Å². The van der Waals surface area contributed by atoms with Crippen LogP contribution in [0.5, 0.6) is 11.8 Å². The Labute approximate surface area is 239 Å². The number of ether oxygens (including phenoxy) is 1. The van der Waals surface area contributed by atoms with E-state index in [2.05, 4.69) is 45.1 Å². The largest absolute Gasteiger partial charge is 0.508 e. The van der Waals surface area contributed by atoms with Crippen molar-refractivity contribution in [3.8, 4) is 22.9 Å².